The molecule has 3 rings (SSSR count). The minimum absolute atomic E-state index is 0.0747. The van der Waals surface area contributed by atoms with E-state index >= 15 is 0 Å². The average Bonchev–Trinajstić information content (AvgIpc) is 3.26. The Bertz CT molecular complexity index is 711. The lowest BCUT2D eigenvalue weighted by Gasteiger charge is -2.15. The molecule has 0 unspecified atom stereocenters. The minimum Gasteiger partial charge on any atom is -0.326 e. The van der Waals surface area contributed by atoms with Gasteiger partial charge >= 0.3 is 0 Å². The van der Waals surface area contributed by atoms with E-state index in [-0.39, 0.29) is 5.56 Å². The van der Waals surface area contributed by atoms with Gasteiger partial charge in [-0.05, 0) is 55.5 Å². The van der Waals surface area contributed by atoms with E-state index in [0.29, 0.717) is 18.2 Å². The molecular weight excluding hydrogens is 248 g/mol. The molecule has 2 N–H and O–H groups in total. The van der Waals surface area contributed by atoms with Gasteiger partial charge in [0.15, 0.2) is 0 Å². The SMILES string of the molecule is Cc1ccc(-c2ccc(CN)c(=O)n2C2CC2)cc1C. The Labute approximate surface area is 119 Å². The highest BCUT2D eigenvalue weighted by atomic mass is 16.1. The molecule has 3 heteroatoms. The van der Waals surface area contributed by atoms with Gasteiger partial charge in [-0.2, -0.15) is 0 Å². The van der Waals surface area contributed by atoms with Gasteiger partial charge in [0.1, 0.15) is 0 Å². The summed E-state index contributed by atoms with van der Waals surface area (Å²) in [4.78, 5) is 12.5. The zero-order valence-electron chi connectivity index (χ0n) is 12.0. The molecule has 1 heterocycles. The van der Waals surface area contributed by atoms with Crippen molar-refractivity contribution >= 4 is 0 Å². The minimum atomic E-state index is 0.0747. The van der Waals surface area contributed by atoms with E-state index in [0.717, 1.165) is 24.1 Å². The second-order valence-corrected chi connectivity index (χ2v) is 5.65. The zero-order chi connectivity index (χ0) is 14.3. The van der Waals surface area contributed by atoms with E-state index in [1.165, 1.54) is 11.1 Å². The molecule has 1 aliphatic rings. The number of nitrogens with two attached hydrogens (primary N) is 1. The molecule has 0 radical (unpaired) electrons. The van der Waals surface area contributed by atoms with Gasteiger partial charge in [-0.15, -0.1) is 0 Å². The van der Waals surface area contributed by atoms with Crippen LogP contribution in [0, 0.1) is 13.8 Å². The molecule has 0 saturated heterocycles. The van der Waals surface area contributed by atoms with Crippen molar-refractivity contribution in [3.8, 4) is 11.3 Å². The van der Waals surface area contributed by atoms with Crippen LogP contribution in [0.4, 0.5) is 0 Å². The first-order valence-corrected chi connectivity index (χ1v) is 7.14. The van der Waals surface area contributed by atoms with E-state index in [9.17, 15) is 4.79 Å². The maximum Gasteiger partial charge on any atom is 0.255 e. The number of hydrogen-bond acceptors (Lipinski definition) is 2. The second-order valence-electron chi connectivity index (χ2n) is 5.65. The topological polar surface area (TPSA) is 48.0 Å². The van der Waals surface area contributed by atoms with Crippen LogP contribution in [-0.4, -0.2) is 4.57 Å². The highest BCUT2D eigenvalue weighted by Crippen LogP contribution is 2.37. The standard InChI is InChI=1S/C17H20N2O/c1-11-3-4-13(9-12(11)2)16-8-5-14(10-18)17(20)19(16)15-6-7-15/h3-5,8-9,15H,6-7,10,18H2,1-2H3. The maximum absolute atomic E-state index is 12.5. The molecule has 0 atom stereocenters. The lowest BCUT2D eigenvalue weighted by atomic mass is 10.0. The Morgan fingerprint density at radius 3 is 2.50 bits per heavy atom. The normalized spacial score (nSPS) is 14.6. The van der Waals surface area contributed by atoms with Crippen molar-refractivity contribution in [1.29, 1.82) is 0 Å². The summed E-state index contributed by atoms with van der Waals surface area (Å²) < 4.78 is 1.94. The number of pyridine rings is 1. The van der Waals surface area contributed by atoms with Gasteiger partial charge in [0.25, 0.3) is 5.56 Å². The van der Waals surface area contributed by atoms with Crippen molar-refractivity contribution in [2.75, 3.05) is 0 Å². The van der Waals surface area contributed by atoms with Crippen LogP contribution in [0.3, 0.4) is 0 Å². The Hall–Kier alpha value is -1.87. The van der Waals surface area contributed by atoms with Crippen molar-refractivity contribution in [1.82, 2.24) is 4.57 Å². The maximum atomic E-state index is 12.5. The summed E-state index contributed by atoms with van der Waals surface area (Å²) in [5.41, 5.74) is 11.1. The Morgan fingerprint density at radius 1 is 1.15 bits per heavy atom. The fraction of sp³-hybridized carbons (Fsp3) is 0.353. The van der Waals surface area contributed by atoms with Gasteiger partial charge in [-0.25, -0.2) is 0 Å². The van der Waals surface area contributed by atoms with Gasteiger partial charge in [0.05, 0.1) is 5.69 Å². The summed E-state index contributed by atoms with van der Waals surface area (Å²) >= 11 is 0. The third-order valence-electron chi connectivity index (χ3n) is 4.13. The molecule has 0 amide bonds. The number of benzene rings is 1. The van der Waals surface area contributed by atoms with Gasteiger partial charge in [-0.1, -0.05) is 18.2 Å². The predicted molar refractivity (Wildman–Crippen MR) is 81.8 cm³/mol. The second kappa shape index (κ2) is 4.91. The molecule has 0 bridgehead atoms. The van der Waals surface area contributed by atoms with E-state index in [1.54, 1.807) is 0 Å². The molecular formula is C17H20N2O. The van der Waals surface area contributed by atoms with Crippen LogP contribution in [0.1, 0.15) is 35.6 Å². The molecule has 1 saturated carbocycles. The molecule has 20 heavy (non-hydrogen) atoms. The summed E-state index contributed by atoms with van der Waals surface area (Å²) in [6.07, 6.45) is 2.18. The fourth-order valence-electron chi connectivity index (χ4n) is 2.58. The number of aryl methyl sites for hydroxylation is 2. The van der Waals surface area contributed by atoms with Crippen LogP contribution in [0.5, 0.6) is 0 Å². The first-order chi connectivity index (χ1) is 9.61. The van der Waals surface area contributed by atoms with Crippen LogP contribution in [0.15, 0.2) is 35.1 Å². The molecule has 1 aromatic carbocycles. The number of aromatic nitrogens is 1. The van der Waals surface area contributed by atoms with Gasteiger partial charge in [0, 0.05) is 18.2 Å². The summed E-state index contributed by atoms with van der Waals surface area (Å²) in [5, 5.41) is 0. The molecule has 104 valence electrons. The molecule has 1 fully saturated rings. The third-order valence-corrected chi connectivity index (χ3v) is 4.13. The summed E-state index contributed by atoms with van der Waals surface area (Å²) in [6.45, 7) is 4.51. The molecule has 1 aromatic heterocycles. The van der Waals surface area contributed by atoms with Crippen molar-refractivity contribution in [3.63, 3.8) is 0 Å². The van der Waals surface area contributed by atoms with E-state index in [4.69, 9.17) is 5.73 Å². The molecule has 2 aromatic rings. The monoisotopic (exact) mass is 268 g/mol. The van der Waals surface area contributed by atoms with Crippen molar-refractivity contribution in [2.24, 2.45) is 5.73 Å². The van der Waals surface area contributed by atoms with Crippen LogP contribution in [0.25, 0.3) is 11.3 Å². The Kier molecular flexibility index (Phi) is 3.22. The van der Waals surface area contributed by atoms with E-state index in [1.807, 2.05) is 16.7 Å². The van der Waals surface area contributed by atoms with Crippen LogP contribution in [0.2, 0.25) is 0 Å². The largest absolute Gasteiger partial charge is 0.326 e. The molecule has 0 aliphatic heterocycles. The van der Waals surface area contributed by atoms with Crippen molar-refractivity contribution in [2.45, 2.75) is 39.3 Å². The third kappa shape index (κ3) is 2.18. The summed E-state index contributed by atoms with van der Waals surface area (Å²) in [7, 11) is 0. The average molecular weight is 268 g/mol. The van der Waals surface area contributed by atoms with Gasteiger partial charge in [0.2, 0.25) is 0 Å². The predicted octanol–water partition coefficient (Wildman–Crippen LogP) is 2.93. The van der Waals surface area contributed by atoms with Crippen molar-refractivity contribution < 1.29 is 0 Å². The van der Waals surface area contributed by atoms with Crippen molar-refractivity contribution in [3.05, 3.63) is 57.4 Å². The molecule has 3 nitrogen and oxygen atoms in total. The lowest BCUT2D eigenvalue weighted by molar-refractivity contribution is 0.704. The summed E-state index contributed by atoms with van der Waals surface area (Å²) in [6, 6.07) is 10.6. The number of rotatable bonds is 3. The number of hydrogen-bond donors (Lipinski definition) is 1. The Balaban J connectivity index is 2.20. The zero-order valence-corrected chi connectivity index (χ0v) is 12.0. The Morgan fingerprint density at radius 2 is 1.90 bits per heavy atom. The smallest absolute Gasteiger partial charge is 0.255 e. The van der Waals surface area contributed by atoms with Crippen LogP contribution < -0.4 is 11.3 Å². The van der Waals surface area contributed by atoms with Crippen LogP contribution >= 0.6 is 0 Å². The fourth-order valence-corrected chi connectivity index (χ4v) is 2.58. The molecule has 1 aliphatic carbocycles. The molecule has 0 spiro atoms. The first-order valence-electron chi connectivity index (χ1n) is 7.14. The van der Waals surface area contributed by atoms with Crippen LogP contribution in [-0.2, 0) is 6.54 Å². The lowest BCUT2D eigenvalue weighted by Crippen LogP contribution is -2.25. The first kappa shape index (κ1) is 13.1. The highest BCUT2D eigenvalue weighted by molar-refractivity contribution is 5.62. The summed E-state index contributed by atoms with van der Waals surface area (Å²) in [5.74, 6) is 0. The van der Waals surface area contributed by atoms with E-state index < -0.39 is 0 Å². The van der Waals surface area contributed by atoms with Gasteiger partial charge in [-0.3, -0.25) is 4.79 Å². The van der Waals surface area contributed by atoms with E-state index in [2.05, 4.69) is 32.0 Å². The highest BCUT2D eigenvalue weighted by Gasteiger charge is 2.27. The number of nitrogens with zero attached hydrogens (tertiary/aromatic N) is 1. The van der Waals surface area contributed by atoms with Gasteiger partial charge < -0.3 is 10.3 Å². The quantitative estimate of drug-likeness (QED) is 0.930.